The molecule has 0 saturated carbocycles. The van der Waals surface area contributed by atoms with Crippen molar-refractivity contribution in [3.05, 3.63) is 23.5 Å². The van der Waals surface area contributed by atoms with Gasteiger partial charge in [0.15, 0.2) is 0 Å². The molecule has 0 saturated heterocycles. The molecule has 0 amide bonds. The maximum atomic E-state index is 12.2. The molecule has 4 nitrogen and oxygen atoms in total. The van der Waals surface area contributed by atoms with Crippen molar-refractivity contribution < 1.29 is 8.42 Å². The first kappa shape index (κ1) is 14.0. The summed E-state index contributed by atoms with van der Waals surface area (Å²) in [4.78, 5) is 3.86. The minimum atomic E-state index is -3.57. The number of rotatable bonds is 5. The third-order valence-corrected chi connectivity index (χ3v) is 4.13. The van der Waals surface area contributed by atoms with E-state index in [1.807, 2.05) is 6.92 Å². The van der Waals surface area contributed by atoms with Crippen LogP contribution < -0.4 is 0 Å². The Hall–Kier alpha value is -1.09. The second-order valence-electron chi connectivity index (χ2n) is 3.36. The number of hydrogen-bond acceptors (Lipinski definition) is 3. The fourth-order valence-electron chi connectivity index (χ4n) is 1.30. The monoisotopic (exact) mass is 272 g/mol. The summed E-state index contributed by atoms with van der Waals surface area (Å²) in [6, 6.07) is 2.86. The normalized spacial score (nSPS) is 11.4. The van der Waals surface area contributed by atoms with E-state index in [9.17, 15) is 8.42 Å². The fraction of sp³-hybridized carbons (Fsp3) is 0.364. The Balaban J connectivity index is 3.08. The molecule has 1 rings (SSSR count). The third-order valence-electron chi connectivity index (χ3n) is 2.08. The van der Waals surface area contributed by atoms with Crippen LogP contribution in [0.3, 0.4) is 0 Å². The minimum absolute atomic E-state index is 0.0544. The highest BCUT2D eigenvalue weighted by molar-refractivity contribution is 7.89. The summed E-state index contributed by atoms with van der Waals surface area (Å²) in [6.07, 6.45) is 7.10. The van der Waals surface area contributed by atoms with E-state index < -0.39 is 10.0 Å². The molecule has 92 valence electrons. The predicted molar refractivity (Wildman–Crippen MR) is 67.1 cm³/mol. The number of pyridine rings is 1. The van der Waals surface area contributed by atoms with Gasteiger partial charge >= 0.3 is 0 Å². The Morgan fingerprint density at radius 3 is 2.71 bits per heavy atom. The molecule has 0 bridgehead atoms. The van der Waals surface area contributed by atoms with Crippen LogP contribution in [-0.2, 0) is 10.0 Å². The van der Waals surface area contributed by atoms with Gasteiger partial charge in [0.1, 0.15) is 10.0 Å². The molecule has 0 fully saturated rings. The van der Waals surface area contributed by atoms with Gasteiger partial charge in [0, 0.05) is 12.7 Å². The van der Waals surface area contributed by atoms with Crippen molar-refractivity contribution in [3.63, 3.8) is 0 Å². The molecule has 6 heteroatoms. The van der Waals surface area contributed by atoms with Crippen LogP contribution in [0.1, 0.15) is 13.3 Å². The molecule has 1 heterocycles. The average Bonchev–Trinajstić information content (AvgIpc) is 2.29. The molecule has 0 aliphatic heterocycles. The summed E-state index contributed by atoms with van der Waals surface area (Å²) in [5.41, 5.74) is 0. The molecule has 1 aromatic heterocycles. The quantitative estimate of drug-likeness (QED) is 0.606. The van der Waals surface area contributed by atoms with E-state index in [0.717, 1.165) is 0 Å². The highest BCUT2D eigenvalue weighted by Crippen LogP contribution is 2.16. The number of hydrogen-bond donors (Lipinski definition) is 0. The first-order chi connectivity index (χ1) is 8.02. The topological polar surface area (TPSA) is 50.3 Å². The van der Waals surface area contributed by atoms with Crippen LogP contribution >= 0.6 is 11.6 Å². The van der Waals surface area contributed by atoms with Crippen molar-refractivity contribution in [1.29, 1.82) is 0 Å². The van der Waals surface area contributed by atoms with Crippen LogP contribution in [0.2, 0.25) is 5.15 Å². The summed E-state index contributed by atoms with van der Waals surface area (Å²) in [6.45, 7) is 2.33. The van der Waals surface area contributed by atoms with Gasteiger partial charge in [-0.2, -0.15) is 4.31 Å². The highest BCUT2D eigenvalue weighted by atomic mass is 35.5. The van der Waals surface area contributed by atoms with Crippen LogP contribution in [-0.4, -0.2) is 30.8 Å². The standard InChI is InChI=1S/C11H13ClN2O2S/c1-3-7-14(8-4-2)17(15,16)10-5-6-11(12)13-9-10/h1,5-6,9H,4,7-8H2,2H3. The van der Waals surface area contributed by atoms with Gasteiger partial charge < -0.3 is 0 Å². The number of halogens is 1. The lowest BCUT2D eigenvalue weighted by Gasteiger charge is -2.18. The number of nitrogens with zero attached hydrogens (tertiary/aromatic N) is 2. The van der Waals surface area contributed by atoms with Crippen LogP contribution in [0.25, 0.3) is 0 Å². The average molecular weight is 273 g/mol. The van der Waals surface area contributed by atoms with E-state index in [4.69, 9.17) is 18.0 Å². The summed E-state index contributed by atoms with van der Waals surface area (Å²) < 4.78 is 25.6. The lowest BCUT2D eigenvalue weighted by molar-refractivity contribution is 0.445. The van der Waals surface area contributed by atoms with E-state index in [2.05, 4.69) is 10.9 Å². The summed E-state index contributed by atoms with van der Waals surface area (Å²) in [5.74, 6) is 2.34. The van der Waals surface area contributed by atoms with Crippen molar-refractivity contribution in [2.45, 2.75) is 18.2 Å². The summed E-state index contributed by atoms with van der Waals surface area (Å²) >= 11 is 5.61. The molecule has 0 radical (unpaired) electrons. The van der Waals surface area contributed by atoms with E-state index >= 15 is 0 Å². The van der Waals surface area contributed by atoms with E-state index in [1.54, 1.807) is 0 Å². The van der Waals surface area contributed by atoms with Crippen molar-refractivity contribution in [1.82, 2.24) is 9.29 Å². The Bertz CT molecular complexity index is 505. The molecule has 0 aromatic carbocycles. The molecule has 0 spiro atoms. The van der Waals surface area contributed by atoms with E-state index in [0.29, 0.717) is 13.0 Å². The molecule has 0 aliphatic carbocycles. The van der Waals surface area contributed by atoms with Gasteiger partial charge in [-0.05, 0) is 18.6 Å². The molecule has 0 unspecified atom stereocenters. The Kier molecular flexibility index (Phi) is 4.94. The lowest BCUT2D eigenvalue weighted by Crippen LogP contribution is -2.32. The van der Waals surface area contributed by atoms with Crippen LogP contribution in [0.4, 0.5) is 0 Å². The van der Waals surface area contributed by atoms with Crippen LogP contribution in [0.15, 0.2) is 23.2 Å². The molecule has 0 N–H and O–H groups in total. The maximum absolute atomic E-state index is 12.2. The van der Waals surface area contributed by atoms with Gasteiger partial charge in [-0.15, -0.1) is 6.42 Å². The Morgan fingerprint density at radius 2 is 2.24 bits per heavy atom. The van der Waals surface area contributed by atoms with Gasteiger partial charge in [0.2, 0.25) is 10.0 Å². The maximum Gasteiger partial charge on any atom is 0.245 e. The second-order valence-corrected chi connectivity index (χ2v) is 5.68. The minimum Gasteiger partial charge on any atom is -0.243 e. The zero-order valence-corrected chi connectivity index (χ0v) is 11.0. The van der Waals surface area contributed by atoms with E-state index in [1.165, 1.54) is 22.6 Å². The smallest absolute Gasteiger partial charge is 0.243 e. The van der Waals surface area contributed by atoms with Gasteiger partial charge in [-0.25, -0.2) is 13.4 Å². The van der Waals surface area contributed by atoms with E-state index in [-0.39, 0.29) is 16.6 Å². The molecular formula is C11H13ClN2O2S. The predicted octanol–water partition coefficient (Wildman–Crippen LogP) is 1.77. The zero-order chi connectivity index (χ0) is 12.9. The second kappa shape index (κ2) is 6.01. The summed E-state index contributed by atoms with van der Waals surface area (Å²) in [7, 11) is -3.57. The Labute approximate surface area is 107 Å². The fourth-order valence-corrected chi connectivity index (χ4v) is 2.80. The first-order valence-electron chi connectivity index (χ1n) is 5.07. The van der Waals surface area contributed by atoms with Crippen molar-refractivity contribution >= 4 is 21.6 Å². The van der Waals surface area contributed by atoms with Gasteiger partial charge in [-0.1, -0.05) is 24.4 Å². The van der Waals surface area contributed by atoms with Crippen molar-refractivity contribution in [2.75, 3.05) is 13.1 Å². The van der Waals surface area contributed by atoms with Gasteiger partial charge in [0.25, 0.3) is 0 Å². The zero-order valence-electron chi connectivity index (χ0n) is 9.43. The Morgan fingerprint density at radius 1 is 1.53 bits per heavy atom. The molecular weight excluding hydrogens is 260 g/mol. The van der Waals surface area contributed by atoms with Gasteiger partial charge in [-0.3, -0.25) is 0 Å². The third kappa shape index (κ3) is 3.43. The first-order valence-corrected chi connectivity index (χ1v) is 6.89. The molecule has 0 atom stereocenters. The van der Waals surface area contributed by atoms with Crippen molar-refractivity contribution in [2.24, 2.45) is 0 Å². The lowest BCUT2D eigenvalue weighted by atomic mass is 10.5. The largest absolute Gasteiger partial charge is 0.245 e. The van der Waals surface area contributed by atoms with Gasteiger partial charge in [0.05, 0.1) is 6.54 Å². The number of aromatic nitrogens is 1. The van der Waals surface area contributed by atoms with Crippen molar-refractivity contribution in [3.8, 4) is 12.3 Å². The molecule has 17 heavy (non-hydrogen) atoms. The molecule has 0 aliphatic rings. The summed E-state index contributed by atoms with van der Waals surface area (Å²) in [5, 5.41) is 0.253. The SMILES string of the molecule is C#CCN(CCC)S(=O)(=O)c1ccc(Cl)nc1. The molecule has 1 aromatic rings. The number of sulfonamides is 1. The van der Waals surface area contributed by atoms with Crippen LogP contribution in [0.5, 0.6) is 0 Å². The number of terminal acetylenes is 1. The highest BCUT2D eigenvalue weighted by Gasteiger charge is 2.23. The van der Waals surface area contributed by atoms with Crippen LogP contribution in [0, 0.1) is 12.3 Å².